The van der Waals surface area contributed by atoms with Crippen molar-refractivity contribution in [3.8, 4) is 57.2 Å². The topological polar surface area (TPSA) is 576 Å². The number of hydrogen-bond donors (Lipinski definition) is 13. The smallest absolute Gasteiger partial charge is 0.222 e. The number of pyridine rings is 1. The molecule has 0 bridgehead atoms. The van der Waals surface area contributed by atoms with Crippen LogP contribution in [0.3, 0.4) is 0 Å². The van der Waals surface area contributed by atoms with Crippen LogP contribution in [0.4, 0.5) is 10.1 Å². The molecule has 3 aliphatic rings. The van der Waals surface area contributed by atoms with Gasteiger partial charge in [0.25, 0.3) is 0 Å². The molecule has 47 heteroatoms. The first-order valence-electron chi connectivity index (χ1n) is 49.2. The van der Waals surface area contributed by atoms with Gasteiger partial charge in [0.15, 0.2) is 11.6 Å². The number of nitrogens with one attached hydrogen (secondary N) is 5. The number of aliphatic hydroxyl groups excluding tert-OH is 6. The number of methoxy groups -OCH3 is 3. The van der Waals surface area contributed by atoms with Gasteiger partial charge < -0.3 is 158 Å². The average Bonchev–Trinajstić information content (AvgIpc) is 1.65. The number of aromatic hydroxyl groups is 1. The highest BCUT2D eigenvalue weighted by atomic mass is 19.1. The number of rotatable bonds is 69. The summed E-state index contributed by atoms with van der Waals surface area (Å²) < 4.78 is 130. The summed E-state index contributed by atoms with van der Waals surface area (Å²) in [7, 11) is 4.68. The van der Waals surface area contributed by atoms with Crippen LogP contribution in [0.2, 0.25) is 0 Å². The molecular weight excluding hydrogens is 1920 g/mol. The van der Waals surface area contributed by atoms with Crippen LogP contribution in [0.5, 0.6) is 28.7 Å². The van der Waals surface area contributed by atoms with Crippen molar-refractivity contribution in [2.24, 2.45) is 5.73 Å². The van der Waals surface area contributed by atoms with Gasteiger partial charge >= 0.3 is 0 Å². The molecule has 804 valence electrons. The highest BCUT2D eigenvalue weighted by Crippen LogP contribution is 2.35. The molecule has 4 amide bonds. The fraction of sp³-hybridized carbons (Fsp3) is 0.550. The van der Waals surface area contributed by atoms with Gasteiger partial charge in [-0.1, -0.05) is 39.9 Å². The molecule has 0 saturated carbocycles. The molecule has 46 nitrogen and oxygen atoms in total. The number of phenolic OH excluding ortho intramolecular Hbond substituents is 1. The molecule has 147 heavy (non-hydrogen) atoms. The van der Waals surface area contributed by atoms with Gasteiger partial charge in [-0.15, -0.1) is 15.3 Å². The predicted octanol–water partition coefficient (Wildman–Crippen LogP) is 3.28. The van der Waals surface area contributed by atoms with E-state index < -0.39 is 77.9 Å². The van der Waals surface area contributed by atoms with Crippen LogP contribution in [-0.2, 0) is 103 Å². The Balaban J connectivity index is 0.602. The van der Waals surface area contributed by atoms with Crippen molar-refractivity contribution in [3.05, 3.63) is 168 Å². The number of aromatic nitrogens is 10. The van der Waals surface area contributed by atoms with Gasteiger partial charge in [0, 0.05) is 106 Å². The fourth-order valence-corrected chi connectivity index (χ4v) is 15.9. The maximum atomic E-state index is 14.4. The molecule has 14 N–H and O–H groups in total. The third kappa shape index (κ3) is 36.6. The van der Waals surface area contributed by atoms with E-state index in [1.807, 2.05) is 42.5 Å². The lowest BCUT2D eigenvalue weighted by Crippen LogP contribution is -2.58. The zero-order valence-electron chi connectivity index (χ0n) is 83.0. The number of nitrogens with two attached hydrogens (primary N) is 1. The Morgan fingerprint density at radius 2 is 0.905 bits per heavy atom. The number of nitrogens with zero attached hydrogens (tertiary/aromatic N) is 10. The van der Waals surface area contributed by atoms with E-state index in [1.54, 1.807) is 97.6 Å². The molecule has 9 atom stereocenters. The Bertz CT molecular complexity index is 5350. The minimum absolute atomic E-state index is 0.0605. The highest BCUT2D eigenvalue weighted by molar-refractivity contribution is 5.83. The summed E-state index contributed by atoms with van der Waals surface area (Å²) >= 11 is 0. The number of aliphatic hydroxyl groups is 6. The van der Waals surface area contributed by atoms with E-state index in [4.69, 9.17) is 101 Å². The van der Waals surface area contributed by atoms with Crippen LogP contribution in [0.1, 0.15) is 92.8 Å². The molecule has 12 rings (SSSR count). The number of phenols is 1. The van der Waals surface area contributed by atoms with E-state index in [-0.39, 0.29) is 279 Å². The zero-order chi connectivity index (χ0) is 104. The monoisotopic (exact) mass is 2060 g/mol. The lowest BCUT2D eigenvalue weighted by Gasteiger charge is -2.34. The van der Waals surface area contributed by atoms with Gasteiger partial charge in [0.05, 0.1) is 276 Å². The number of benzene rings is 5. The first kappa shape index (κ1) is 114. The molecule has 7 heterocycles. The number of carbonyl (C=O) groups excluding carboxylic acids is 4. The van der Waals surface area contributed by atoms with Crippen LogP contribution in [0, 0.1) is 5.82 Å². The molecule has 0 radical (unpaired) electrons. The van der Waals surface area contributed by atoms with E-state index in [9.17, 15) is 59.3 Å². The fourth-order valence-electron chi connectivity index (χ4n) is 15.9. The van der Waals surface area contributed by atoms with Crippen molar-refractivity contribution >= 4 is 40.2 Å². The van der Waals surface area contributed by atoms with E-state index in [1.165, 1.54) is 16.8 Å². The van der Waals surface area contributed by atoms with E-state index >= 15 is 0 Å². The molecule has 4 aromatic heterocycles. The Morgan fingerprint density at radius 3 is 1.41 bits per heavy atom. The summed E-state index contributed by atoms with van der Waals surface area (Å²) in [5, 5.41) is 115. The maximum Gasteiger partial charge on any atom is 0.222 e. The summed E-state index contributed by atoms with van der Waals surface area (Å²) in [6.07, 6.45) is -6.00. The van der Waals surface area contributed by atoms with Crippen molar-refractivity contribution < 1.29 is 149 Å². The van der Waals surface area contributed by atoms with Gasteiger partial charge in [-0.2, -0.15) is 0 Å². The van der Waals surface area contributed by atoms with Crippen LogP contribution in [0.15, 0.2) is 139 Å². The second kappa shape index (κ2) is 61.9. The highest BCUT2D eigenvalue weighted by Gasteiger charge is 2.41. The number of anilines is 1. The summed E-state index contributed by atoms with van der Waals surface area (Å²) in [6, 6.07) is 34.5. The number of hydrogen-bond acceptors (Lipinski definition) is 39. The van der Waals surface area contributed by atoms with Crippen LogP contribution in [0.25, 0.3) is 39.4 Å². The number of carbonyl (C=O) groups is 4. The Kier molecular flexibility index (Phi) is 48.0. The van der Waals surface area contributed by atoms with Gasteiger partial charge in [-0.3, -0.25) is 19.2 Å². The van der Waals surface area contributed by atoms with Gasteiger partial charge in [-0.05, 0) is 98.5 Å². The van der Waals surface area contributed by atoms with Crippen molar-refractivity contribution in [2.75, 3.05) is 231 Å². The third-order valence-electron chi connectivity index (χ3n) is 23.8. The van der Waals surface area contributed by atoms with Crippen LogP contribution < -0.4 is 51.3 Å². The second-order valence-electron chi connectivity index (χ2n) is 34.5. The first-order chi connectivity index (χ1) is 71.7. The normalized spacial score (nSPS) is 18.2. The number of halogens is 1. The van der Waals surface area contributed by atoms with E-state index in [2.05, 4.69) is 57.5 Å². The van der Waals surface area contributed by atoms with Crippen molar-refractivity contribution in [1.29, 1.82) is 0 Å². The largest absolute Gasteiger partial charge is 0.505 e. The van der Waals surface area contributed by atoms with Crippen molar-refractivity contribution in [3.63, 3.8) is 0 Å². The minimum atomic E-state index is -1.47. The number of fused-ring (bicyclic) bond motifs is 1. The van der Waals surface area contributed by atoms with Crippen LogP contribution in [-0.4, -0.2) is 384 Å². The Labute approximate surface area is 849 Å². The SMILES string of the molecule is COc1cccc(N/C(CCOCCOCCOCCNC(=O)CCOCC(COCCC(=O)NCCOCCOCCOCCc2c([C@H]3OCC[C@@H](O)[C@H]3O)nnn2-c2cccc(OC)c2)(COCCC(=O)NCCOCCOCCOCCc2c([C@H]3OCC[C@@H](O)[C@H]3O)nnn2-c2cccc(OC)c2)NC(=O)CCCOc2ccc3nc(-c4cn(-c5ccc(O)c(F)c5)nn4)ccc3c2)=C(\N)[C@H]2OCC[C@@H](O)[C@H]2O)c1. The summed E-state index contributed by atoms with van der Waals surface area (Å²) in [5.41, 5.74) is 11.8. The standard InChI is InChI=1S/C100H137FN16O30/c1-129-72-11-4-8-68(59-72)106-79(91(102)97-94(126)84(119)24-40-145-97)21-34-132-46-52-138-55-49-135-43-30-103-87(122)27-37-141-64-100(108-90(125)14-7-33-144-75-17-19-77-67(58-75)15-18-78(107-77)80-63-115(112-109-80)69-16-20-83(118)76(101)62-69,65-142-38-28-88(123)104-31-44-136-50-56-139-53-47-133-35-22-81-92(98-95(127)85(120)25-41-146-98)110-113-116(81)70-9-5-12-73(60-70)130-2)66-143-39-29-89(124)105-32-45-137-51-57-140-54-48-134-36-23-82-93(99-96(128)86(121)26-42-147-99)111-114-117(82)71-10-6-13-74(61-71)131-3/h4-6,8-13,15-20,58-63,84-86,94-99,106,118-121,126-128H,7,14,21-57,64-66,102H2,1-3H3,(H,103,122)(H,104,123)(H,105,124)(H,108,125)/b91-79-/t84-,85-,86-,94-,95-,96-,97-,98-,99-/m1/s1. The quantitative estimate of drug-likeness (QED) is 0.0243. The minimum Gasteiger partial charge on any atom is -0.505 e. The Hall–Kier alpha value is -11.8. The van der Waals surface area contributed by atoms with Gasteiger partial charge in [-0.25, -0.2) is 23.4 Å². The van der Waals surface area contributed by atoms with E-state index in [0.29, 0.717) is 110 Å². The molecule has 0 spiro atoms. The Morgan fingerprint density at radius 1 is 0.442 bits per heavy atom. The number of amides is 4. The van der Waals surface area contributed by atoms with Crippen molar-refractivity contribution in [1.82, 2.24) is 71.2 Å². The van der Waals surface area contributed by atoms with Gasteiger partial charge in [0.1, 0.15) is 82.2 Å². The molecule has 0 aliphatic carbocycles. The molecule has 3 aliphatic heterocycles. The second-order valence-corrected chi connectivity index (χ2v) is 34.5. The summed E-state index contributed by atoms with van der Waals surface area (Å²) in [6.45, 7) is 4.18. The number of ether oxygens (including phenoxy) is 19. The molecule has 3 saturated heterocycles. The molecule has 3 fully saturated rings. The molecular formula is C100H137FN16O30. The zero-order valence-corrected chi connectivity index (χ0v) is 83.0. The lowest BCUT2D eigenvalue weighted by molar-refractivity contribution is -0.138. The summed E-state index contributed by atoms with van der Waals surface area (Å²) in [4.78, 5) is 59.1. The van der Waals surface area contributed by atoms with Crippen molar-refractivity contribution in [2.45, 2.75) is 131 Å². The molecule has 9 aromatic rings. The molecule has 5 aromatic carbocycles. The average molecular weight is 2060 g/mol. The van der Waals surface area contributed by atoms with Gasteiger partial charge in [0.2, 0.25) is 23.6 Å². The molecule has 0 unspecified atom stereocenters. The lowest BCUT2D eigenvalue weighted by atomic mass is 9.98. The first-order valence-corrected chi connectivity index (χ1v) is 49.2. The van der Waals surface area contributed by atoms with Crippen LogP contribution >= 0.6 is 0 Å². The maximum absolute atomic E-state index is 14.4. The van der Waals surface area contributed by atoms with E-state index in [0.717, 1.165) is 11.5 Å². The third-order valence-corrected chi connectivity index (χ3v) is 23.8. The predicted molar refractivity (Wildman–Crippen MR) is 525 cm³/mol. The summed E-state index contributed by atoms with van der Waals surface area (Å²) in [5.74, 6) is -0.501.